The van der Waals surface area contributed by atoms with Gasteiger partial charge in [0.05, 0.1) is 19.8 Å². The Morgan fingerprint density at radius 3 is 2.16 bits per heavy atom. The predicted molar refractivity (Wildman–Crippen MR) is 72.4 cm³/mol. The lowest BCUT2D eigenvalue weighted by Crippen LogP contribution is -2.01. The Balaban J connectivity index is 2.35. The van der Waals surface area contributed by atoms with Crippen LogP contribution in [0.2, 0.25) is 0 Å². The number of carbonyl (C=O) groups is 2. The van der Waals surface area contributed by atoms with Crippen LogP contribution >= 0.6 is 11.3 Å². The first-order chi connectivity index (χ1) is 9.17. The summed E-state index contributed by atoms with van der Waals surface area (Å²) in [6, 6.07) is 8.74. The van der Waals surface area contributed by atoms with E-state index in [0.29, 0.717) is 10.4 Å². The lowest BCUT2D eigenvalue weighted by atomic mass is 10.0. The van der Waals surface area contributed by atoms with Crippen molar-refractivity contribution >= 4 is 23.3 Å². The Morgan fingerprint density at radius 2 is 1.58 bits per heavy atom. The van der Waals surface area contributed by atoms with E-state index in [1.807, 2.05) is 11.4 Å². The van der Waals surface area contributed by atoms with E-state index in [1.165, 1.54) is 25.6 Å². The second-order valence-corrected chi connectivity index (χ2v) is 4.64. The lowest BCUT2D eigenvalue weighted by Gasteiger charge is -2.04. The van der Waals surface area contributed by atoms with Crippen molar-refractivity contribution < 1.29 is 19.1 Å². The SMILES string of the molecule is COC(=O)c1ccc(-c2ccsc2C(=O)OC)cc1. The fourth-order valence-corrected chi connectivity index (χ4v) is 2.52. The van der Waals surface area contributed by atoms with Crippen molar-refractivity contribution in [3.8, 4) is 11.1 Å². The molecular weight excluding hydrogens is 264 g/mol. The molecule has 0 bridgehead atoms. The second kappa shape index (κ2) is 5.67. The topological polar surface area (TPSA) is 52.6 Å². The van der Waals surface area contributed by atoms with Crippen LogP contribution in [0.3, 0.4) is 0 Å². The van der Waals surface area contributed by atoms with Gasteiger partial charge in [-0.05, 0) is 29.1 Å². The van der Waals surface area contributed by atoms with Crippen LogP contribution in [0.1, 0.15) is 20.0 Å². The van der Waals surface area contributed by atoms with Gasteiger partial charge < -0.3 is 9.47 Å². The third-order valence-corrected chi connectivity index (χ3v) is 3.55. The van der Waals surface area contributed by atoms with Crippen molar-refractivity contribution in [3.63, 3.8) is 0 Å². The highest BCUT2D eigenvalue weighted by atomic mass is 32.1. The van der Waals surface area contributed by atoms with Crippen molar-refractivity contribution in [1.29, 1.82) is 0 Å². The number of methoxy groups -OCH3 is 2. The molecule has 5 heteroatoms. The van der Waals surface area contributed by atoms with E-state index in [9.17, 15) is 9.59 Å². The summed E-state index contributed by atoms with van der Waals surface area (Å²) in [5.41, 5.74) is 2.13. The zero-order chi connectivity index (χ0) is 13.8. The molecule has 1 aromatic carbocycles. The third-order valence-electron chi connectivity index (χ3n) is 2.65. The number of esters is 2. The third kappa shape index (κ3) is 2.66. The summed E-state index contributed by atoms with van der Waals surface area (Å²) in [6.45, 7) is 0. The molecule has 2 rings (SSSR count). The molecule has 2 aromatic rings. The average Bonchev–Trinajstić information content (AvgIpc) is 2.95. The number of carbonyl (C=O) groups excluding carboxylic acids is 2. The fourth-order valence-electron chi connectivity index (χ4n) is 1.69. The van der Waals surface area contributed by atoms with Crippen LogP contribution in [0.4, 0.5) is 0 Å². The van der Waals surface area contributed by atoms with E-state index in [0.717, 1.165) is 11.1 Å². The highest BCUT2D eigenvalue weighted by Gasteiger charge is 2.15. The first kappa shape index (κ1) is 13.3. The van der Waals surface area contributed by atoms with Gasteiger partial charge in [0.15, 0.2) is 0 Å². The van der Waals surface area contributed by atoms with Gasteiger partial charge >= 0.3 is 11.9 Å². The molecule has 0 atom stereocenters. The van der Waals surface area contributed by atoms with Crippen LogP contribution in [0, 0.1) is 0 Å². The van der Waals surface area contributed by atoms with Gasteiger partial charge in [0, 0.05) is 5.56 Å². The zero-order valence-corrected chi connectivity index (χ0v) is 11.3. The minimum absolute atomic E-state index is 0.359. The van der Waals surface area contributed by atoms with E-state index >= 15 is 0 Å². The standard InChI is InChI=1S/C14H12O4S/c1-17-13(15)10-5-3-9(4-6-10)11-7-8-19-12(11)14(16)18-2/h3-8H,1-2H3. The molecule has 0 N–H and O–H groups in total. The molecule has 0 spiro atoms. The van der Waals surface area contributed by atoms with E-state index < -0.39 is 0 Å². The van der Waals surface area contributed by atoms with Gasteiger partial charge in [-0.3, -0.25) is 0 Å². The van der Waals surface area contributed by atoms with Gasteiger partial charge in [-0.2, -0.15) is 0 Å². The summed E-state index contributed by atoms with van der Waals surface area (Å²) in [5, 5.41) is 1.83. The molecule has 0 amide bonds. The van der Waals surface area contributed by atoms with Gasteiger partial charge in [0.1, 0.15) is 4.88 Å². The molecule has 0 unspecified atom stereocenters. The largest absolute Gasteiger partial charge is 0.465 e. The highest BCUT2D eigenvalue weighted by Crippen LogP contribution is 2.29. The van der Waals surface area contributed by atoms with Crippen LogP contribution in [0.25, 0.3) is 11.1 Å². The maximum Gasteiger partial charge on any atom is 0.348 e. The Bertz CT molecular complexity index is 598. The Hall–Kier alpha value is -2.14. The first-order valence-corrected chi connectivity index (χ1v) is 6.40. The van der Waals surface area contributed by atoms with Crippen molar-refractivity contribution in [3.05, 3.63) is 46.2 Å². The Morgan fingerprint density at radius 1 is 0.947 bits per heavy atom. The normalized spacial score (nSPS) is 10.0. The van der Waals surface area contributed by atoms with E-state index in [-0.39, 0.29) is 11.9 Å². The molecule has 19 heavy (non-hydrogen) atoms. The van der Waals surface area contributed by atoms with Gasteiger partial charge in [-0.25, -0.2) is 9.59 Å². The molecule has 0 aliphatic rings. The maximum absolute atomic E-state index is 11.6. The quantitative estimate of drug-likeness (QED) is 0.809. The van der Waals surface area contributed by atoms with Crippen LogP contribution in [0.5, 0.6) is 0 Å². The van der Waals surface area contributed by atoms with Gasteiger partial charge in [-0.1, -0.05) is 12.1 Å². The molecular formula is C14H12O4S. The molecule has 0 aliphatic heterocycles. The van der Waals surface area contributed by atoms with Crippen LogP contribution in [-0.2, 0) is 9.47 Å². The minimum Gasteiger partial charge on any atom is -0.465 e. The number of benzene rings is 1. The summed E-state index contributed by atoms with van der Waals surface area (Å²) in [5.74, 6) is -0.743. The molecule has 0 aliphatic carbocycles. The van der Waals surface area contributed by atoms with E-state index in [1.54, 1.807) is 24.3 Å². The maximum atomic E-state index is 11.6. The van der Waals surface area contributed by atoms with Gasteiger partial charge in [-0.15, -0.1) is 11.3 Å². The first-order valence-electron chi connectivity index (χ1n) is 5.52. The van der Waals surface area contributed by atoms with Gasteiger partial charge in [0.2, 0.25) is 0 Å². The summed E-state index contributed by atoms with van der Waals surface area (Å²) < 4.78 is 9.37. The molecule has 0 saturated heterocycles. The molecule has 4 nitrogen and oxygen atoms in total. The monoisotopic (exact) mass is 276 g/mol. The minimum atomic E-state index is -0.384. The molecule has 0 saturated carbocycles. The fraction of sp³-hybridized carbons (Fsp3) is 0.143. The van der Waals surface area contributed by atoms with Gasteiger partial charge in [0.25, 0.3) is 0 Å². The summed E-state index contributed by atoms with van der Waals surface area (Å²) in [6.07, 6.45) is 0. The van der Waals surface area contributed by atoms with Crippen LogP contribution in [-0.4, -0.2) is 26.2 Å². The van der Waals surface area contributed by atoms with Crippen molar-refractivity contribution in [2.24, 2.45) is 0 Å². The summed E-state index contributed by atoms with van der Waals surface area (Å²) in [7, 11) is 2.69. The van der Waals surface area contributed by atoms with Crippen LogP contribution in [0.15, 0.2) is 35.7 Å². The molecule has 1 heterocycles. The number of ether oxygens (including phenoxy) is 2. The Labute approximate surface area is 114 Å². The van der Waals surface area contributed by atoms with Crippen molar-refractivity contribution in [1.82, 2.24) is 0 Å². The number of rotatable bonds is 3. The second-order valence-electron chi connectivity index (χ2n) is 3.72. The summed E-state index contributed by atoms with van der Waals surface area (Å²) in [4.78, 5) is 23.5. The van der Waals surface area contributed by atoms with Crippen molar-refractivity contribution in [2.75, 3.05) is 14.2 Å². The predicted octanol–water partition coefficient (Wildman–Crippen LogP) is 2.99. The average molecular weight is 276 g/mol. The molecule has 0 radical (unpaired) electrons. The van der Waals surface area contributed by atoms with E-state index in [2.05, 4.69) is 4.74 Å². The zero-order valence-electron chi connectivity index (χ0n) is 10.5. The van der Waals surface area contributed by atoms with Crippen molar-refractivity contribution in [2.45, 2.75) is 0 Å². The van der Waals surface area contributed by atoms with E-state index in [4.69, 9.17) is 4.74 Å². The number of thiophene rings is 1. The number of hydrogen-bond acceptors (Lipinski definition) is 5. The Kier molecular flexibility index (Phi) is 3.97. The lowest BCUT2D eigenvalue weighted by molar-refractivity contribution is 0.0594. The number of hydrogen-bond donors (Lipinski definition) is 0. The smallest absolute Gasteiger partial charge is 0.348 e. The van der Waals surface area contributed by atoms with Crippen LogP contribution < -0.4 is 0 Å². The highest BCUT2D eigenvalue weighted by molar-refractivity contribution is 7.12. The molecule has 0 fully saturated rings. The molecule has 98 valence electrons. The molecule has 1 aromatic heterocycles. The summed E-state index contributed by atoms with van der Waals surface area (Å²) >= 11 is 1.33.